The number of carbonyl (C=O) groups excluding carboxylic acids is 3. The lowest BCUT2D eigenvalue weighted by molar-refractivity contribution is -0.139. The van der Waals surface area contributed by atoms with Gasteiger partial charge >= 0.3 is 18.0 Å². The Morgan fingerprint density at radius 1 is 1.25 bits per heavy atom. The summed E-state index contributed by atoms with van der Waals surface area (Å²) in [6.07, 6.45) is 1.44. The second-order valence-electron chi connectivity index (χ2n) is 6.06. The van der Waals surface area contributed by atoms with Crippen LogP contribution >= 0.6 is 11.3 Å². The van der Waals surface area contributed by atoms with Crippen LogP contribution in [0.1, 0.15) is 38.8 Å². The molecule has 0 fully saturated rings. The van der Waals surface area contributed by atoms with Crippen LogP contribution in [0.3, 0.4) is 0 Å². The van der Waals surface area contributed by atoms with E-state index < -0.39 is 24.0 Å². The number of hydrogen-bond acceptors (Lipinski definition) is 7. The molecular formula is C19H20N2O6S. The molecule has 1 aliphatic heterocycles. The van der Waals surface area contributed by atoms with Gasteiger partial charge in [0.15, 0.2) is 0 Å². The highest BCUT2D eigenvalue weighted by molar-refractivity contribution is 7.12. The molecule has 3 rings (SSSR count). The van der Waals surface area contributed by atoms with E-state index in [1.807, 2.05) is 13.8 Å². The number of carbonyl (C=O) groups is 3. The first-order valence-electron chi connectivity index (χ1n) is 8.66. The molecule has 1 aliphatic rings. The van der Waals surface area contributed by atoms with Crippen molar-refractivity contribution in [1.82, 2.24) is 10.6 Å². The van der Waals surface area contributed by atoms with Gasteiger partial charge < -0.3 is 24.5 Å². The van der Waals surface area contributed by atoms with E-state index in [0.717, 1.165) is 9.75 Å². The summed E-state index contributed by atoms with van der Waals surface area (Å²) in [4.78, 5) is 38.9. The molecule has 0 aliphatic carbocycles. The number of rotatable bonds is 6. The lowest BCUT2D eigenvalue weighted by Gasteiger charge is -2.27. The van der Waals surface area contributed by atoms with Gasteiger partial charge in [-0.25, -0.2) is 14.4 Å². The minimum atomic E-state index is -0.846. The standard InChI is InChI=1S/C19H20N2O6S/c1-4-25-18(23)15-13(9-27-17(22)12-8-10(2)28-11(12)3)20-19(24)21-16(15)14-6-5-7-26-14/h5-8,16H,4,9H2,1-3H3,(H2,20,21,24). The molecule has 2 amide bonds. The van der Waals surface area contributed by atoms with Gasteiger partial charge in [0.25, 0.3) is 0 Å². The van der Waals surface area contributed by atoms with Crippen LogP contribution in [0, 0.1) is 13.8 Å². The number of aryl methyl sites for hydroxylation is 2. The third kappa shape index (κ3) is 4.09. The first-order chi connectivity index (χ1) is 13.4. The van der Waals surface area contributed by atoms with Crippen molar-refractivity contribution in [3.05, 3.63) is 56.8 Å². The fraction of sp³-hybridized carbons (Fsp3) is 0.316. The summed E-state index contributed by atoms with van der Waals surface area (Å²) in [7, 11) is 0. The van der Waals surface area contributed by atoms with Crippen molar-refractivity contribution in [2.45, 2.75) is 26.8 Å². The molecule has 3 heterocycles. The van der Waals surface area contributed by atoms with Gasteiger partial charge in [-0.3, -0.25) is 0 Å². The van der Waals surface area contributed by atoms with Crippen LogP contribution in [0.2, 0.25) is 0 Å². The summed E-state index contributed by atoms with van der Waals surface area (Å²) in [5.74, 6) is -0.795. The molecule has 0 saturated heterocycles. The van der Waals surface area contributed by atoms with E-state index >= 15 is 0 Å². The Hall–Kier alpha value is -3.07. The monoisotopic (exact) mass is 404 g/mol. The molecule has 0 spiro atoms. The van der Waals surface area contributed by atoms with Crippen LogP contribution < -0.4 is 10.6 Å². The average Bonchev–Trinajstić information content (AvgIpc) is 3.28. The molecule has 8 nitrogen and oxygen atoms in total. The molecule has 2 aromatic rings. The predicted octanol–water partition coefficient (Wildman–Crippen LogP) is 2.99. The molecule has 148 valence electrons. The Bertz CT molecular complexity index is 928. The lowest BCUT2D eigenvalue weighted by Crippen LogP contribution is -2.47. The van der Waals surface area contributed by atoms with Gasteiger partial charge in [-0.05, 0) is 39.0 Å². The fourth-order valence-corrected chi connectivity index (χ4v) is 3.81. The van der Waals surface area contributed by atoms with E-state index in [9.17, 15) is 14.4 Å². The maximum atomic E-state index is 12.5. The molecule has 2 aromatic heterocycles. The smallest absolute Gasteiger partial charge is 0.339 e. The zero-order valence-corrected chi connectivity index (χ0v) is 16.5. The molecule has 28 heavy (non-hydrogen) atoms. The van der Waals surface area contributed by atoms with Crippen molar-refractivity contribution in [2.24, 2.45) is 0 Å². The van der Waals surface area contributed by atoms with Crippen LogP contribution in [0.15, 0.2) is 40.1 Å². The number of nitrogens with one attached hydrogen (secondary N) is 2. The van der Waals surface area contributed by atoms with Crippen LogP contribution in [0.25, 0.3) is 0 Å². The second kappa shape index (κ2) is 8.30. The number of esters is 2. The van der Waals surface area contributed by atoms with Crippen molar-refractivity contribution in [1.29, 1.82) is 0 Å². The normalized spacial score (nSPS) is 16.4. The van der Waals surface area contributed by atoms with Gasteiger partial charge in [0, 0.05) is 9.75 Å². The van der Waals surface area contributed by atoms with Gasteiger partial charge in [0.1, 0.15) is 18.4 Å². The van der Waals surface area contributed by atoms with Crippen molar-refractivity contribution >= 4 is 29.3 Å². The summed E-state index contributed by atoms with van der Waals surface area (Å²) in [6, 6.07) is 3.64. The molecule has 9 heteroatoms. The Morgan fingerprint density at radius 2 is 2.04 bits per heavy atom. The number of hydrogen-bond donors (Lipinski definition) is 2. The highest BCUT2D eigenvalue weighted by atomic mass is 32.1. The van der Waals surface area contributed by atoms with Crippen molar-refractivity contribution < 1.29 is 28.3 Å². The first kappa shape index (κ1) is 19.7. The molecule has 1 atom stereocenters. The van der Waals surface area contributed by atoms with Crippen LogP contribution in [0.4, 0.5) is 4.79 Å². The number of ether oxygens (including phenoxy) is 2. The zero-order chi connectivity index (χ0) is 20.3. The van der Waals surface area contributed by atoms with Crippen LogP contribution in [-0.2, 0) is 14.3 Å². The average molecular weight is 404 g/mol. The van der Waals surface area contributed by atoms with Crippen molar-refractivity contribution in [3.8, 4) is 0 Å². The van der Waals surface area contributed by atoms with E-state index in [-0.39, 0.29) is 24.5 Å². The summed E-state index contributed by atoms with van der Waals surface area (Å²) in [5, 5.41) is 5.17. The second-order valence-corrected chi connectivity index (χ2v) is 7.52. The number of thiophene rings is 1. The van der Waals surface area contributed by atoms with Gasteiger partial charge in [0.2, 0.25) is 0 Å². The SMILES string of the molecule is CCOC(=O)C1=C(COC(=O)c2cc(C)sc2C)NC(=O)NC1c1ccco1. The van der Waals surface area contributed by atoms with E-state index in [1.165, 1.54) is 17.6 Å². The van der Waals surface area contributed by atoms with Gasteiger partial charge in [-0.15, -0.1) is 11.3 Å². The van der Waals surface area contributed by atoms with E-state index in [4.69, 9.17) is 13.9 Å². The largest absolute Gasteiger partial charge is 0.467 e. The Labute approximate surface area is 165 Å². The summed E-state index contributed by atoms with van der Waals surface area (Å²) >= 11 is 1.49. The number of urea groups is 1. The number of furan rings is 1. The van der Waals surface area contributed by atoms with Crippen LogP contribution in [0.5, 0.6) is 0 Å². The highest BCUT2D eigenvalue weighted by Gasteiger charge is 2.35. The third-order valence-corrected chi connectivity index (χ3v) is 5.05. The number of amides is 2. The van der Waals surface area contributed by atoms with E-state index in [1.54, 1.807) is 25.1 Å². The minimum absolute atomic E-state index is 0.127. The molecule has 0 bridgehead atoms. The Kier molecular flexibility index (Phi) is 5.84. The fourth-order valence-electron chi connectivity index (χ4n) is 2.90. The maximum Gasteiger partial charge on any atom is 0.339 e. The molecule has 1 unspecified atom stereocenters. The van der Waals surface area contributed by atoms with E-state index in [2.05, 4.69) is 10.6 Å². The van der Waals surface area contributed by atoms with Gasteiger partial charge in [-0.1, -0.05) is 0 Å². The quantitative estimate of drug-likeness (QED) is 0.717. The lowest BCUT2D eigenvalue weighted by atomic mass is 10.0. The first-order valence-corrected chi connectivity index (χ1v) is 9.47. The maximum absolute atomic E-state index is 12.5. The van der Waals surface area contributed by atoms with Crippen LogP contribution in [-0.4, -0.2) is 31.2 Å². The Balaban J connectivity index is 1.89. The molecular weight excluding hydrogens is 384 g/mol. The van der Waals surface area contributed by atoms with Crippen molar-refractivity contribution in [3.63, 3.8) is 0 Å². The van der Waals surface area contributed by atoms with Crippen molar-refractivity contribution in [2.75, 3.05) is 13.2 Å². The molecule has 0 saturated carbocycles. The molecule has 2 N–H and O–H groups in total. The van der Waals surface area contributed by atoms with Gasteiger partial charge in [-0.2, -0.15) is 0 Å². The minimum Gasteiger partial charge on any atom is -0.467 e. The highest BCUT2D eigenvalue weighted by Crippen LogP contribution is 2.28. The predicted molar refractivity (Wildman–Crippen MR) is 101 cm³/mol. The third-order valence-electron chi connectivity index (χ3n) is 4.09. The van der Waals surface area contributed by atoms with Gasteiger partial charge in [0.05, 0.1) is 29.7 Å². The zero-order valence-electron chi connectivity index (χ0n) is 15.7. The Morgan fingerprint density at radius 3 is 2.64 bits per heavy atom. The summed E-state index contributed by atoms with van der Waals surface area (Å²) in [5.41, 5.74) is 0.743. The van der Waals surface area contributed by atoms with E-state index in [0.29, 0.717) is 11.3 Å². The summed E-state index contributed by atoms with van der Waals surface area (Å²) < 4.78 is 15.8. The molecule has 0 aromatic carbocycles. The topological polar surface area (TPSA) is 107 Å². The summed E-state index contributed by atoms with van der Waals surface area (Å²) in [6.45, 7) is 5.28. The molecule has 0 radical (unpaired) electrons.